The summed E-state index contributed by atoms with van der Waals surface area (Å²) in [5, 5.41) is 2.67. The Bertz CT molecular complexity index is 585. The van der Waals surface area contributed by atoms with Crippen molar-refractivity contribution in [2.75, 3.05) is 5.32 Å². The van der Waals surface area contributed by atoms with Gasteiger partial charge in [-0.25, -0.2) is 4.79 Å². The van der Waals surface area contributed by atoms with Crippen LogP contribution in [-0.2, 0) is 9.53 Å². The minimum atomic E-state index is -0.879. The molecule has 2 rings (SSSR count). The second kappa shape index (κ2) is 6.47. The van der Waals surface area contributed by atoms with Gasteiger partial charge in [-0.15, -0.1) is 0 Å². The van der Waals surface area contributed by atoms with Gasteiger partial charge >= 0.3 is 5.97 Å². The number of nitrogens with zero attached hydrogens (tertiary/aromatic N) is 1. The number of esters is 1. The topological polar surface area (TPSA) is 68.3 Å². The average Bonchev–Trinajstić information content (AvgIpc) is 2.49. The highest BCUT2D eigenvalue weighted by Gasteiger charge is 2.18. The summed E-state index contributed by atoms with van der Waals surface area (Å²) >= 11 is 0. The Morgan fingerprint density at radius 2 is 1.75 bits per heavy atom. The number of hydrogen-bond donors (Lipinski definition) is 1. The van der Waals surface area contributed by atoms with Crippen LogP contribution in [0.5, 0.6) is 0 Å². The van der Waals surface area contributed by atoms with E-state index in [0.717, 1.165) is 0 Å². The number of rotatable bonds is 4. The van der Waals surface area contributed by atoms with Gasteiger partial charge in [-0.05, 0) is 31.2 Å². The highest BCUT2D eigenvalue weighted by molar-refractivity contribution is 5.97. The van der Waals surface area contributed by atoms with Crippen molar-refractivity contribution in [1.82, 2.24) is 4.98 Å². The second-order valence-corrected chi connectivity index (χ2v) is 4.14. The fraction of sp³-hybridized carbons (Fsp3) is 0.133. The van der Waals surface area contributed by atoms with Gasteiger partial charge in [0.15, 0.2) is 6.10 Å². The molecule has 1 aromatic carbocycles. The Kier molecular flexibility index (Phi) is 4.44. The molecular weight excluding hydrogens is 256 g/mol. The van der Waals surface area contributed by atoms with Crippen LogP contribution in [0.4, 0.5) is 5.69 Å². The van der Waals surface area contributed by atoms with Crippen molar-refractivity contribution in [2.24, 2.45) is 0 Å². The minimum absolute atomic E-state index is 0.361. The number of carbonyl (C=O) groups excluding carboxylic acids is 2. The van der Waals surface area contributed by atoms with Crippen LogP contribution >= 0.6 is 0 Å². The van der Waals surface area contributed by atoms with Crippen LogP contribution in [0.1, 0.15) is 17.3 Å². The number of benzene rings is 1. The van der Waals surface area contributed by atoms with E-state index in [0.29, 0.717) is 11.3 Å². The first-order valence-electron chi connectivity index (χ1n) is 6.14. The Balaban J connectivity index is 1.93. The van der Waals surface area contributed by atoms with Crippen molar-refractivity contribution < 1.29 is 14.3 Å². The summed E-state index contributed by atoms with van der Waals surface area (Å²) in [6.45, 7) is 1.53. The number of pyridine rings is 1. The Hall–Kier alpha value is -2.69. The molecule has 0 saturated heterocycles. The monoisotopic (exact) mass is 270 g/mol. The molecule has 0 fully saturated rings. The van der Waals surface area contributed by atoms with E-state index in [4.69, 9.17) is 4.74 Å². The molecular formula is C15H14N2O3. The Morgan fingerprint density at radius 1 is 1.10 bits per heavy atom. The molecule has 102 valence electrons. The van der Waals surface area contributed by atoms with E-state index in [-0.39, 0.29) is 5.91 Å². The summed E-state index contributed by atoms with van der Waals surface area (Å²) in [5.74, 6) is -0.929. The Morgan fingerprint density at radius 3 is 2.40 bits per heavy atom. The minimum Gasteiger partial charge on any atom is -0.449 e. The predicted octanol–water partition coefficient (Wildman–Crippen LogP) is 2.27. The quantitative estimate of drug-likeness (QED) is 0.865. The summed E-state index contributed by atoms with van der Waals surface area (Å²) < 4.78 is 5.09. The van der Waals surface area contributed by atoms with Crippen LogP contribution in [0.15, 0.2) is 54.9 Å². The maximum atomic E-state index is 11.9. The SMILES string of the molecule is CC(OC(=O)c1ccncc1)C(=O)Nc1ccccc1. The van der Waals surface area contributed by atoms with Gasteiger partial charge in [-0.1, -0.05) is 18.2 Å². The first kappa shape index (κ1) is 13.7. The lowest BCUT2D eigenvalue weighted by atomic mass is 10.2. The molecule has 1 amide bonds. The zero-order valence-corrected chi connectivity index (χ0v) is 10.9. The maximum absolute atomic E-state index is 11.9. The van der Waals surface area contributed by atoms with Crippen molar-refractivity contribution in [2.45, 2.75) is 13.0 Å². The fourth-order valence-corrected chi connectivity index (χ4v) is 1.54. The molecule has 0 radical (unpaired) electrons. The van der Waals surface area contributed by atoms with Crippen molar-refractivity contribution >= 4 is 17.6 Å². The summed E-state index contributed by atoms with van der Waals surface area (Å²) in [6, 6.07) is 12.0. The van der Waals surface area contributed by atoms with Crippen LogP contribution in [0, 0.1) is 0 Å². The van der Waals surface area contributed by atoms with Crippen molar-refractivity contribution in [1.29, 1.82) is 0 Å². The second-order valence-electron chi connectivity index (χ2n) is 4.14. The van der Waals surface area contributed by atoms with Gasteiger partial charge in [-0.2, -0.15) is 0 Å². The van der Waals surface area contributed by atoms with Crippen LogP contribution in [0.2, 0.25) is 0 Å². The van der Waals surface area contributed by atoms with Gasteiger partial charge in [0.05, 0.1) is 5.56 Å². The van der Waals surface area contributed by atoms with Crippen LogP contribution in [0.25, 0.3) is 0 Å². The molecule has 1 atom stereocenters. The van der Waals surface area contributed by atoms with E-state index in [1.807, 2.05) is 18.2 Å². The van der Waals surface area contributed by atoms with Gasteiger partial charge in [-0.3, -0.25) is 9.78 Å². The van der Waals surface area contributed by atoms with Gasteiger partial charge in [0, 0.05) is 18.1 Å². The highest BCUT2D eigenvalue weighted by Crippen LogP contribution is 2.08. The van der Waals surface area contributed by atoms with Crippen LogP contribution in [0.3, 0.4) is 0 Å². The number of amides is 1. The van der Waals surface area contributed by atoms with Crippen LogP contribution < -0.4 is 5.32 Å². The molecule has 0 saturated carbocycles. The van der Waals surface area contributed by atoms with Gasteiger partial charge < -0.3 is 10.1 Å². The lowest BCUT2D eigenvalue weighted by Crippen LogP contribution is -2.29. The van der Waals surface area contributed by atoms with Crippen molar-refractivity contribution in [3.05, 3.63) is 60.4 Å². The number of hydrogen-bond acceptors (Lipinski definition) is 4. The molecule has 0 aliphatic heterocycles. The van der Waals surface area contributed by atoms with Gasteiger partial charge in [0.2, 0.25) is 0 Å². The molecule has 5 nitrogen and oxygen atoms in total. The number of nitrogens with one attached hydrogen (secondary N) is 1. The molecule has 1 heterocycles. The maximum Gasteiger partial charge on any atom is 0.339 e. The third kappa shape index (κ3) is 3.65. The molecule has 0 bridgehead atoms. The summed E-state index contributed by atoms with van der Waals surface area (Å²) in [4.78, 5) is 27.5. The number of anilines is 1. The average molecular weight is 270 g/mol. The zero-order valence-electron chi connectivity index (χ0n) is 10.9. The van der Waals surface area contributed by atoms with Gasteiger partial charge in [0.1, 0.15) is 0 Å². The summed E-state index contributed by atoms with van der Waals surface area (Å²) in [6.07, 6.45) is 2.10. The number of aromatic nitrogens is 1. The normalized spacial score (nSPS) is 11.4. The van der Waals surface area contributed by atoms with Crippen molar-refractivity contribution in [3.63, 3.8) is 0 Å². The van der Waals surface area contributed by atoms with Crippen molar-refractivity contribution in [3.8, 4) is 0 Å². The largest absolute Gasteiger partial charge is 0.449 e. The van der Waals surface area contributed by atoms with E-state index >= 15 is 0 Å². The first-order chi connectivity index (χ1) is 9.66. The molecule has 0 aliphatic rings. The van der Waals surface area contributed by atoms with E-state index in [9.17, 15) is 9.59 Å². The molecule has 2 aromatic rings. The molecule has 1 aromatic heterocycles. The molecule has 1 unspecified atom stereocenters. The zero-order chi connectivity index (χ0) is 14.4. The van der Waals surface area contributed by atoms with Gasteiger partial charge in [0.25, 0.3) is 5.91 Å². The third-order valence-corrected chi connectivity index (χ3v) is 2.61. The van der Waals surface area contributed by atoms with E-state index in [1.165, 1.54) is 31.5 Å². The first-order valence-corrected chi connectivity index (χ1v) is 6.14. The summed E-state index contributed by atoms with van der Waals surface area (Å²) in [7, 11) is 0. The number of carbonyl (C=O) groups is 2. The third-order valence-electron chi connectivity index (χ3n) is 2.61. The molecule has 20 heavy (non-hydrogen) atoms. The lowest BCUT2D eigenvalue weighted by molar-refractivity contribution is -0.123. The fourth-order valence-electron chi connectivity index (χ4n) is 1.54. The molecule has 0 aliphatic carbocycles. The molecule has 1 N–H and O–H groups in total. The highest BCUT2D eigenvalue weighted by atomic mass is 16.5. The lowest BCUT2D eigenvalue weighted by Gasteiger charge is -2.13. The standard InChI is InChI=1S/C15H14N2O3/c1-11(14(18)17-13-5-3-2-4-6-13)20-15(19)12-7-9-16-10-8-12/h2-11H,1H3,(H,17,18). The summed E-state index contributed by atoms with van der Waals surface area (Å²) in [5.41, 5.74) is 1.02. The number of ether oxygens (including phenoxy) is 1. The van der Waals surface area contributed by atoms with E-state index in [1.54, 1.807) is 12.1 Å². The predicted molar refractivity (Wildman–Crippen MR) is 74.2 cm³/mol. The number of para-hydroxylation sites is 1. The van der Waals surface area contributed by atoms with E-state index in [2.05, 4.69) is 10.3 Å². The molecule has 5 heteroatoms. The van der Waals surface area contributed by atoms with Crippen LogP contribution in [-0.4, -0.2) is 23.0 Å². The Labute approximate surface area is 116 Å². The smallest absolute Gasteiger partial charge is 0.339 e. The van der Waals surface area contributed by atoms with E-state index < -0.39 is 12.1 Å². The molecule has 0 spiro atoms.